The zero-order chi connectivity index (χ0) is 19.1. The monoisotopic (exact) mass is 361 g/mol. The van der Waals surface area contributed by atoms with Gasteiger partial charge in [0, 0.05) is 5.69 Å². The summed E-state index contributed by atoms with van der Waals surface area (Å²) in [6, 6.07) is 24.4. The molecular formula is C22H19NO4. The molecule has 1 amide bonds. The van der Waals surface area contributed by atoms with Crippen LogP contribution in [0.15, 0.2) is 78.9 Å². The molecule has 0 aliphatic carbocycles. The molecule has 3 rings (SSSR count). The van der Waals surface area contributed by atoms with Crippen molar-refractivity contribution in [1.82, 2.24) is 0 Å². The summed E-state index contributed by atoms with van der Waals surface area (Å²) >= 11 is 0. The zero-order valence-electron chi connectivity index (χ0n) is 14.8. The van der Waals surface area contributed by atoms with Gasteiger partial charge in [-0.3, -0.25) is 4.79 Å². The van der Waals surface area contributed by atoms with Crippen molar-refractivity contribution in [3.63, 3.8) is 0 Å². The van der Waals surface area contributed by atoms with Crippen molar-refractivity contribution in [2.45, 2.75) is 6.10 Å². The number of amides is 1. The SMILES string of the molecule is COC(=O)c1cc(NC=O)ccc1OC(c1ccccc1)c1ccccc1. The van der Waals surface area contributed by atoms with Crippen LogP contribution in [0.4, 0.5) is 5.69 Å². The molecule has 0 aliphatic heterocycles. The molecule has 0 bridgehead atoms. The molecule has 0 spiro atoms. The Hall–Kier alpha value is -3.60. The highest BCUT2D eigenvalue weighted by Gasteiger charge is 2.21. The van der Waals surface area contributed by atoms with E-state index in [4.69, 9.17) is 9.47 Å². The Bertz CT molecular complexity index is 871. The van der Waals surface area contributed by atoms with E-state index in [1.165, 1.54) is 13.2 Å². The number of carbonyl (C=O) groups is 2. The largest absolute Gasteiger partial charge is 0.480 e. The van der Waals surface area contributed by atoms with Crippen LogP contribution in [-0.2, 0) is 9.53 Å². The third kappa shape index (κ3) is 4.33. The Labute approximate surface area is 157 Å². The molecule has 0 saturated heterocycles. The van der Waals surface area contributed by atoms with Crippen molar-refractivity contribution in [2.75, 3.05) is 12.4 Å². The number of esters is 1. The van der Waals surface area contributed by atoms with Gasteiger partial charge in [0.05, 0.1) is 7.11 Å². The van der Waals surface area contributed by atoms with Gasteiger partial charge >= 0.3 is 5.97 Å². The summed E-state index contributed by atoms with van der Waals surface area (Å²) in [4.78, 5) is 22.9. The quantitative estimate of drug-likeness (QED) is 0.506. The number of benzene rings is 3. The van der Waals surface area contributed by atoms with Crippen LogP contribution in [0.2, 0.25) is 0 Å². The maximum atomic E-state index is 12.2. The van der Waals surface area contributed by atoms with Crippen LogP contribution in [0, 0.1) is 0 Å². The van der Waals surface area contributed by atoms with Crippen LogP contribution in [0.5, 0.6) is 5.75 Å². The van der Waals surface area contributed by atoms with Gasteiger partial charge in [0.2, 0.25) is 6.41 Å². The molecule has 0 aromatic heterocycles. The average Bonchev–Trinajstić information content (AvgIpc) is 2.73. The molecule has 0 aliphatic rings. The van der Waals surface area contributed by atoms with Crippen molar-refractivity contribution in [3.05, 3.63) is 95.6 Å². The van der Waals surface area contributed by atoms with Gasteiger partial charge in [-0.1, -0.05) is 60.7 Å². The number of carbonyl (C=O) groups excluding carboxylic acids is 2. The zero-order valence-corrected chi connectivity index (χ0v) is 14.8. The molecule has 5 nitrogen and oxygen atoms in total. The molecule has 3 aromatic carbocycles. The fraction of sp³-hybridized carbons (Fsp3) is 0.0909. The molecule has 3 aromatic rings. The van der Waals surface area contributed by atoms with E-state index in [-0.39, 0.29) is 5.56 Å². The highest BCUT2D eigenvalue weighted by atomic mass is 16.5. The van der Waals surface area contributed by atoms with Crippen LogP contribution in [0.25, 0.3) is 0 Å². The van der Waals surface area contributed by atoms with Crippen molar-refractivity contribution in [1.29, 1.82) is 0 Å². The predicted octanol–water partition coefficient (Wildman–Crippen LogP) is 4.21. The molecule has 1 N–H and O–H groups in total. The van der Waals surface area contributed by atoms with Crippen molar-refractivity contribution < 1.29 is 19.1 Å². The first-order valence-electron chi connectivity index (χ1n) is 8.42. The lowest BCUT2D eigenvalue weighted by molar-refractivity contribution is -0.105. The van der Waals surface area contributed by atoms with Crippen LogP contribution < -0.4 is 10.1 Å². The number of hydrogen-bond donors (Lipinski definition) is 1. The molecule has 0 heterocycles. The standard InChI is InChI=1S/C22H19NO4/c1-26-22(25)19-14-18(23-15-24)12-13-20(19)27-21(16-8-4-2-5-9-16)17-10-6-3-7-11-17/h2-15,21H,1H3,(H,23,24). The molecule has 0 unspecified atom stereocenters. The second-order valence-corrected chi connectivity index (χ2v) is 5.78. The van der Waals surface area contributed by atoms with E-state index in [0.29, 0.717) is 17.8 Å². The van der Waals surface area contributed by atoms with Gasteiger partial charge in [-0.15, -0.1) is 0 Å². The number of methoxy groups -OCH3 is 1. The highest BCUT2D eigenvalue weighted by Crippen LogP contribution is 2.32. The number of ether oxygens (including phenoxy) is 2. The van der Waals surface area contributed by atoms with E-state index in [1.54, 1.807) is 12.1 Å². The lowest BCUT2D eigenvalue weighted by Gasteiger charge is -2.22. The van der Waals surface area contributed by atoms with Gasteiger partial charge in [-0.05, 0) is 29.3 Å². The lowest BCUT2D eigenvalue weighted by atomic mass is 10.0. The molecular weight excluding hydrogens is 342 g/mol. The van der Waals surface area contributed by atoms with Crippen LogP contribution in [0.1, 0.15) is 27.6 Å². The minimum atomic E-state index is -0.542. The molecule has 0 atom stereocenters. The summed E-state index contributed by atoms with van der Waals surface area (Å²) in [5.74, 6) is -0.171. The summed E-state index contributed by atoms with van der Waals surface area (Å²) in [5, 5.41) is 2.53. The second-order valence-electron chi connectivity index (χ2n) is 5.78. The summed E-state index contributed by atoms with van der Waals surface area (Å²) in [7, 11) is 1.30. The molecule has 5 heteroatoms. The third-order valence-electron chi connectivity index (χ3n) is 4.06. The fourth-order valence-electron chi connectivity index (χ4n) is 2.77. The number of nitrogens with one attached hydrogen (secondary N) is 1. The smallest absolute Gasteiger partial charge is 0.341 e. The molecule has 27 heavy (non-hydrogen) atoms. The van der Waals surface area contributed by atoms with E-state index in [9.17, 15) is 9.59 Å². The van der Waals surface area contributed by atoms with Gasteiger partial charge in [0.1, 0.15) is 17.4 Å². The van der Waals surface area contributed by atoms with Crippen LogP contribution in [-0.4, -0.2) is 19.5 Å². The van der Waals surface area contributed by atoms with Crippen LogP contribution in [0.3, 0.4) is 0 Å². The van der Waals surface area contributed by atoms with Gasteiger partial charge in [-0.2, -0.15) is 0 Å². The maximum Gasteiger partial charge on any atom is 0.341 e. The summed E-state index contributed by atoms with van der Waals surface area (Å²) in [5.41, 5.74) is 2.62. The Kier molecular flexibility index (Phi) is 5.84. The lowest BCUT2D eigenvalue weighted by Crippen LogP contribution is -2.13. The Morgan fingerprint density at radius 3 is 2.04 bits per heavy atom. The van der Waals surface area contributed by atoms with Crippen molar-refractivity contribution >= 4 is 18.1 Å². The summed E-state index contributed by atoms with van der Waals surface area (Å²) < 4.78 is 11.1. The number of hydrogen-bond acceptors (Lipinski definition) is 4. The van der Waals surface area contributed by atoms with E-state index in [0.717, 1.165) is 11.1 Å². The predicted molar refractivity (Wildman–Crippen MR) is 103 cm³/mol. The molecule has 0 saturated carbocycles. The number of rotatable bonds is 7. The molecule has 136 valence electrons. The van der Waals surface area contributed by atoms with Gasteiger partial charge in [0.25, 0.3) is 0 Å². The van der Waals surface area contributed by atoms with Gasteiger partial charge in [-0.25, -0.2) is 4.79 Å². The fourth-order valence-corrected chi connectivity index (χ4v) is 2.77. The summed E-state index contributed by atoms with van der Waals surface area (Å²) in [6.07, 6.45) is 0.147. The molecule has 0 radical (unpaired) electrons. The second kappa shape index (κ2) is 8.67. The minimum absolute atomic E-state index is 0.237. The van der Waals surface area contributed by atoms with E-state index >= 15 is 0 Å². The first-order chi connectivity index (χ1) is 13.2. The van der Waals surface area contributed by atoms with Crippen molar-refractivity contribution in [2.24, 2.45) is 0 Å². The average molecular weight is 361 g/mol. The Balaban J connectivity index is 2.03. The maximum absolute atomic E-state index is 12.2. The molecule has 0 fully saturated rings. The van der Waals surface area contributed by atoms with E-state index in [2.05, 4.69) is 5.32 Å². The Morgan fingerprint density at radius 1 is 0.926 bits per heavy atom. The van der Waals surface area contributed by atoms with Gasteiger partial charge in [0.15, 0.2) is 0 Å². The summed E-state index contributed by atoms with van der Waals surface area (Å²) in [6.45, 7) is 0. The first-order valence-corrected chi connectivity index (χ1v) is 8.42. The highest BCUT2D eigenvalue weighted by molar-refractivity contribution is 5.94. The normalized spacial score (nSPS) is 10.3. The third-order valence-corrected chi connectivity index (χ3v) is 4.06. The topological polar surface area (TPSA) is 64.6 Å². The van der Waals surface area contributed by atoms with E-state index < -0.39 is 12.1 Å². The van der Waals surface area contributed by atoms with Gasteiger partial charge < -0.3 is 14.8 Å². The van der Waals surface area contributed by atoms with Crippen LogP contribution >= 0.6 is 0 Å². The van der Waals surface area contributed by atoms with Crippen molar-refractivity contribution in [3.8, 4) is 5.75 Å². The Morgan fingerprint density at radius 2 is 1.52 bits per heavy atom. The minimum Gasteiger partial charge on any atom is -0.480 e. The number of anilines is 1. The first kappa shape index (κ1) is 18.2. The van der Waals surface area contributed by atoms with E-state index in [1.807, 2.05) is 60.7 Å².